The molecule has 0 saturated heterocycles. The molecule has 0 aliphatic heterocycles. The van der Waals surface area contributed by atoms with E-state index in [1.54, 1.807) is 18.2 Å². The van der Waals surface area contributed by atoms with Gasteiger partial charge in [-0.2, -0.15) is 0 Å². The summed E-state index contributed by atoms with van der Waals surface area (Å²) in [5, 5.41) is 20.2. The molecule has 0 aliphatic rings. The first-order valence-corrected chi connectivity index (χ1v) is 6.46. The lowest BCUT2D eigenvalue weighted by molar-refractivity contribution is -0.282. The highest BCUT2D eigenvalue weighted by Crippen LogP contribution is 2.36. The standard InChI is InChI=1S/C16H16O6/c1-20-16(19)11-4-6-13(15(18)8-11)12-5-3-10(7-14(12)17)9-22-21-2/h3-8,17-18H,9H2,1-2H3. The van der Waals surface area contributed by atoms with Crippen LogP contribution in [0.3, 0.4) is 0 Å². The molecule has 0 unspecified atom stereocenters. The van der Waals surface area contributed by atoms with E-state index >= 15 is 0 Å². The summed E-state index contributed by atoms with van der Waals surface area (Å²) in [4.78, 5) is 20.7. The Morgan fingerprint density at radius 2 is 1.64 bits per heavy atom. The van der Waals surface area contributed by atoms with Crippen LogP contribution in [-0.2, 0) is 21.1 Å². The summed E-state index contributed by atoms with van der Waals surface area (Å²) < 4.78 is 4.59. The van der Waals surface area contributed by atoms with Crippen LogP contribution in [0.25, 0.3) is 11.1 Å². The molecule has 0 fully saturated rings. The van der Waals surface area contributed by atoms with Crippen LogP contribution in [0.4, 0.5) is 0 Å². The second kappa shape index (κ2) is 6.93. The molecule has 0 aliphatic carbocycles. The SMILES string of the molecule is COOCc1ccc(-c2ccc(C(=O)OC)cc2O)c(O)c1. The van der Waals surface area contributed by atoms with Crippen molar-refractivity contribution in [1.29, 1.82) is 0 Å². The van der Waals surface area contributed by atoms with Crippen LogP contribution in [-0.4, -0.2) is 30.4 Å². The Kier molecular flexibility index (Phi) is 4.98. The Balaban J connectivity index is 2.34. The molecular weight excluding hydrogens is 288 g/mol. The van der Waals surface area contributed by atoms with Crippen molar-refractivity contribution in [3.8, 4) is 22.6 Å². The van der Waals surface area contributed by atoms with Gasteiger partial charge in [-0.1, -0.05) is 12.1 Å². The second-order valence-electron chi connectivity index (χ2n) is 4.50. The Bertz CT molecular complexity index is 680. The maximum Gasteiger partial charge on any atom is 0.337 e. The molecule has 6 heteroatoms. The van der Waals surface area contributed by atoms with Crippen molar-refractivity contribution in [3.05, 3.63) is 47.5 Å². The summed E-state index contributed by atoms with van der Waals surface area (Å²) in [7, 11) is 2.66. The highest BCUT2D eigenvalue weighted by atomic mass is 17.2. The lowest BCUT2D eigenvalue weighted by Gasteiger charge is -2.10. The Morgan fingerprint density at radius 1 is 1.00 bits per heavy atom. The average Bonchev–Trinajstić information content (AvgIpc) is 2.52. The third-order valence-electron chi connectivity index (χ3n) is 3.11. The first-order chi connectivity index (χ1) is 10.6. The van der Waals surface area contributed by atoms with Crippen molar-refractivity contribution in [2.75, 3.05) is 14.2 Å². The molecule has 6 nitrogen and oxygen atoms in total. The minimum atomic E-state index is -0.543. The van der Waals surface area contributed by atoms with Crippen LogP contribution in [0, 0.1) is 0 Å². The van der Waals surface area contributed by atoms with Crippen molar-refractivity contribution >= 4 is 5.97 Å². The van der Waals surface area contributed by atoms with Crippen LogP contribution >= 0.6 is 0 Å². The molecular formula is C16H16O6. The van der Waals surface area contributed by atoms with Crippen LogP contribution in [0.2, 0.25) is 0 Å². The number of benzene rings is 2. The zero-order valence-electron chi connectivity index (χ0n) is 12.2. The Morgan fingerprint density at radius 3 is 2.18 bits per heavy atom. The van der Waals surface area contributed by atoms with E-state index in [-0.39, 0.29) is 23.7 Å². The third-order valence-corrected chi connectivity index (χ3v) is 3.11. The maximum atomic E-state index is 11.4. The zero-order chi connectivity index (χ0) is 16.1. The van der Waals surface area contributed by atoms with Crippen LogP contribution in [0.5, 0.6) is 11.5 Å². The van der Waals surface area contributed by atoms with Crippen molar-refractivity contribution in [3.63, 3.8) is 0 Å². The summed E-state index contributed by atoms with van der Waals surface area (Å²) in [6, 6.07) is 9.26. The molecule has 22 heavy (non-hydrogen) atoms. The number of hydrogen-bond acceptors (Lipinski definition) is 6. The van der Waals surface area contributed by atoms with E-state index in [0.717, 1.165) is 0 Å². The fraction of sp³-hybridized carbons (Fsp3) is 0.188. The summed E-state index contributed by atoms with van der Waals surface area (Å²) in [5.41, 5.74) is 1.79. The average molecular weight is 304 g/mol. The molecule has 0 aromatic heterocycles. The highest BCUT2D eigenvalue weighted by molar-refractivity contribution is 5.91. The largest absolute Gasteiger partial charge is 0.507 e. The summed E-state index contributed by atoms with van der Waals surface area (Å²) >= 11 is 0. The number of aromatic hydroxyl groups is 2. The van der Waals surface area contributed by atoms with E-state index in [9.17, 15) is 15.0 Å². The summed E-state index contributed by atoms with van der Waals surface area (Å²) in [6.07, 6.45) is 0. The number of ether oxygens (including phenoxy) is 1. The number of phenolic OH excluding ortho intramolecular Hbond substituents is 2. The molecule has 0 amide bonds. The van der Waals surface area contributed by atoms with Gasteiger partial charge in [0.25, 0.3) is 0 Å². The van der Waals surface area contributed by atoms with Crippen molar-refractivity contribution < 1.29 is 29.5 Å². The monoisotopic (exact) mass is 304 g/mol. The van der Waals surface area contributed by atoms with Gasteiger partial charge in [0, 0.05) is 11.1 Å². The Hall–Kier alpha value is -2.57. The van der Waals surface area contributed by atoms with E-state index in [0.29, 0.717) is 16.7 Å². The predicted octanol–water partition coefficient (Wildman–Crippen LogP) is 2.63. The third kappa shape index (κ3) is 3.36. The van der Waals surface area contributed by atoms with Crippen molar-refractivity contribution in [1.82, 2.24) is 0 Å². The van der Waals surface area contributed by atoms with Gasteiger partial charge in [0.2, 0.25) is 0 Å². The second-order valence-corrected chi connectivity index (χ2v) is 4.50. The minimum absolute atomic E-state index is 0.0154. The van der Waals surface area contributed by atoms with Gasteiger partial charge < -0.3 is 14.9 Å². The predicted molar refractivity (Wildman–Crippen MR) is 78.3 cm³/mol. The molecule has 0 bridgehead atoms. The molecule has 2 rings (SSSR count). The van der Waals surface area contributed by atoms with Crippen molar-refractivity contribution in [2.24, 2.45) is 0 Å². The molecule has 2 N–H and O–H groups in total. The highest BCUT2D eigenvalue weighted by Gasteiger charge is 2.13. The van der Waals surface area contributed by atoms with Gasteiger partial charge in [-0.05, 0) is 29.8 Å². The smallest absolute Gasteiger partial charge is 0.337 e. The molecule has 116 valence electrons. The fourth-order valence-corrected chi connectivity index (χ4v) is 2.03. The first-order valence-electron chi connectivity index (χ1n) is 6.46. The van der Waals surface area contributed by atoms with Crippen molar-refractivity contribution in [2.45, 2.75) is 6.61 Å². The van der Waals surface area contributed by atoms with Gasteiger partial charge in [-0.25, -0.2) is 14.6 Å². The van der Waals surface area contributed by atoms with E-state index in [4.69, 9.17) is 4.89 Å². The quantitative estimate of drug-likeness (QED) is 0.502. The lowest BCUT2D eigenvalue weighted by atomic mass is 10.00. The fourth-order valence-electron chi connectivity index (χ4n) is 2.03. The van der Waals surface area contributed by atoms with Gasteiger partial charge >= 0.3 is 5.97 Å². The topological polar surface area (TPSA) is 85.2 Å². The molecule has 0 heterocycles. The van der Waals surface area contributed by atoms with Crippen LogP contribution < -0.4 is 0 Å². The van der Waals surface area contributed by atoms with E-state index in [1.807, 2.05) is 0 Å². The maximum absolute atomic E-state index is 11.4. The molecule has 2 aromatic carbocycles. The molecule has 0 spiro atoms. The minimum Gasteiger partial charge on any atom is -0.507 e. The summed E-state index contributed by atoms with van der Waals surface area (Å²) in [5.74, 6) is -0.685. The lowest BCUT2D eigenvalue weighted by Crippen LogP contribution is -2.00. The summed E-state index contributed by atoms with van der Waals surface area (Å²) in [6.45, 7) is 0.192. The molecule has 2 aromatic rings. The molecule has 0 atom stereocenters. The van der Waals surface area contributed by atoms with Crippen LogP contribution in [0.15, 0.2) is 36.4 Å². The normalized spacial score (nSPS) is 10.5. The number of methoxy groups -OCH3 is 1. The van der Waals surface area contributed by atoms with E-state index in [1.165, 1.54) is 32.4 Å². The van der Waals surface area contributed by atoms with Gasteiger partial charge in [-0.3, -0.25) is 0 Å². The van der Waals surface area contributed by atoms with Gasteiger partial charge in [0.05, 0.1) is 19.8 Å². The van der Waals surface area contributed by atoms with Gasteiger partial charge in [-0.15, -0.1) is 0 Å². The molecule has 0 saturated carbocycles. The molecule has 0 radical (unpaired) electrons. The van der Waals surface area contributed by atoms with Gasteiger partial charge in [0.15, 0.2) is 0 Å². The number of carbonyl (C=O) groups excluding carboxylic acids is 1. The number of hydrogen-bond donors (Lipinski definition) is 2. The van der Waals surface area contributed by atoms with Crippen LogP contribution in [0.1, 0.15) is 15.9 Å². The van der Waals surface area contributed by atoms with Gasteiger partial charge in [0.1, 0.15) is 18.1 Å². The number of rotatable bonds is 5. The number of carbonyl (C=O) groups is 1. The first kappa shape index (κ1) is 15.8. The Labute approximate surface area is 127 Å². The number of esters is 1. The van der Waals surface area contributed by atoms with E-state index in [2.05, 4.69) is 9.62 Å². The van der Waals surface area contributed by atoms with E-state index < -0.39 is 5.97 Å². The number of phenols is 2. The zero-order valence-corrected chi connectivity index (χ0v) is 12.2.